The number of aromatic nitrogens is 1. The number of fused-ring (bicyclic) bond motifs is 4. The van der Waals surface area contributed by atoms with E-state index in [0.29, 0.717) is 0 Å². The molecule has 2 nitrogen and oxygen atoms in total. The van der Waals surface area contributed by atoms with E-state index in [-0.39, 0.29) is 0 Å². The van der Waals surface area contributed by atoms with Gasteiger partial charge in [-0.15, -0.1) is 11.8 Å². The van der Waals surface area contributed by atoms with E-state index in [9.17, 15) is 0 Å². The lowest BCUT2D eigenvalue weighted by atomic mass is 10.0. The van der Waals surface area contributed by atoms with Crippen LogP contribution in [0.25, 0.3) is 16.6 Å². The first kappa shape index (κ1) is 13.0. The zero-order chi connectivity index (χ0) is 14.7. The van der Waals surface area contributed by atoms with Gasteiger partial charge in [0, 0.05) is 46.9 Å². The highest BCUT2D eigenvalue weighted by Gasteiger charge is 2.28. The summed E-state index contributed by atoms with van der Waals surface area (Å²) in [5.41, 5.74) is 7.67. The van der Waals surface area contributed by atoms with E-state index in [2.05, 4.69) is 46.9 Å². The van der Waals surface area contributed by atoms with Crippen LogP contribution in [0.15, 0.2) is 40.8 Å². The predicted octanol–water partition coefficient (Wildman–Crippen LogP) is 4.30. The molecular formula is C19H20N2S. The molecule has 0 unspecified atom stereocenters. The molecular weight excluding hydrogens is 288 g/mol. The van der Waals surface area contributed by atoms with Crippen molar-refractivity contribution < 1.29 is 0 Å². The van der Waals surface area contributed by atoms with Gasteiger partial charge in [0.25, 0.3) is 0 Å². The third-order valence-electron chi connectivity index (χ3n) is 5.22. The minimum absolute atomic E-state index is 1.08. The topological polar surface area (TPSA) is 8.17 Å². The lowest BCUT2D eigenvalue weighted by Crippen LogP contribution is -2.27. The van der Waals surface area contributed by atoms with Gasteiger partial charge < -0.3 is 9.47 Å². The molecule has 2 aromatic rings. The SMILES string of the molecule is CN1CCc2c(c3cccc4c3n2C2=C(CCC=C2)CS4)C1. The smallest absolute Gasteiger partial charge is 0.0670 e. The Labute approximate surface area is 135 Å². The fraction of sp³-hybridized carbons (Fsp3) is 0.368. The first-order valence-corrected chi connectivity index (χ1v) is 9.17. The molecule has 2 aliphatic heterocycles. The van der Waals surface area contributed by atoms with Crippen molar-refractivity contribution in [1.82, 2.24) is 9.47 Å². The van der Waals surface area contributed by atoms with Crippen LogP contribution in [0, 0.1) is 0 Å². The quantitative estimate of drug-likeness (QED) is 0.717. The zero-order valence-electron chi connectivity index (χ0n) is 12.9. The van der Waals surface area contributed by atoms with Crippen LogP contribution in [0.5, 0.6) is 0 Å². The number of likely N-dealkylation sites (N-methyl/N-ethyl adjacent to an activating group) is 1. The van der Waals surface area contributed by atoms with Crippen molar-refractivity contribution in [3.8, 4) is 0 Å². The first-order valence-electron chi connectivity index (χ1n) is 8.18. The van der Waals surface area contributed by atoms with Crippen LogP contribution in [0.4, 0.5) is 0 Å². The van der Waals surface area contributed by atoms with Gasteiger partial charge in [0.15, 0.2) is 0 Å². The summed E-state index contributed by atoms with van der Waals surface area (Å²) in [6.45, 7) is 2.25. The molecule has 1 aliphatic carbocycles. The summed E-state index contributed by atoms with van der Waals surface area (Å²) in [4.78, 5) is 3.90. The van der Waals surface area contributed by atoms with Crippen LogP contribution in [-0.2, 0) is 13.0 Å². The summed E-state index contributed by atoms with van der Waals surface area (Å²) in [6.07, 6.45) is 8.31. The summed E-state index contributed by atoms with van der Waals surface area (Å²) < 4.78 is 2.61. The summed E-state index contributed by atoms with van der Waals surface area (Å²) in [7, 11) is 2.24. The molecule has 112 valence electrons. The second-order valence-corrected chi connectivity index (χ2v) is 7.64. The van der Waals surface area contributed by atoms with Crippen molar-refractivity contribution in [2.75, 3.05) is 19.3 Å². The highest BCUT2D eigenvalue weighted by molar-refractivity contribution is 7.99. The predicted molar refractivity (Wildman–Crippen MR) is 94.3 cm³/mol. The molecule has 3 aliphatic rings. The van der Waals surface area contributed by atoms with Gasteiger partial charge in [-0.25, -0.2) is 0 Å². The molecule has 0 N–H and O–H groups in total. The van der Waals surface area contributed by atoms with Crippen molar-refractivity contribution in [3.63, 3.8) is 0 Å². The molecule has 0 radical (unpaired) electrons. The van der Waals surface area contributed by atoms with Gasteiger partial charge in [0.1, 0.15) is 0 Å². The first-order chi connectivity index (χ1) is 10.8. The highest BCUT2D eigenvalue weighted by atomic mass is 32.2. The molecule has 0 bridgehead atoms. The number of thioether (sulfide) groups is 1. The maximum atomic E-state index is 2.61. The number of hydrogen-bond acceptors (Lipinski definition) is 2. The zero-order valence-corrected chi connectivity index (χ0v) is 13.7. The van der Waals surface area contributed by atoms with Crippen LogP contribution >= 0.6 is 11.8 Å². The fourth-order valence-corrected chi connectivity index (χ4v) is 5.27. The average Bonchev–Trinajstić information content (AvgIpc) is 2.77. The number of benzene rings is 1. The van der Waals surface area contributed by atoms with Crippen LogP contribution in [0.2, 0.25) is 0 Å². The summed E-state index contributed by atoms with van der Waals surface area (Å²) >= 11 is 2.03. The van der Waals surface area contributed by atoms with Crippen molar-refractivity contribution >= 4 is 28.4 Å². The molecule has 0 saturated carbocycles. The number of nitrogens with zero attached hydrogens (tertiary/aromatic N) is 2. The Hall–Kier alpha value is -1.45. The highest BCUT2D eigenvalue weighted by Crippen LogP contribution is 2.43. The Morgan fingerprint density at radius 2 is 2.14 bits per heavy atom. The maximum Gasteiger partial charge on any atom is 0.0670 e. The second kappa shape index (κ2) is 4.77. The van der Waals surface area contributed by atoms with E-state index in [4.69, 9.17) is 0 Å². The minimum Gasteiger partial charge on any atom is -0.312 e. The van der Waals surface area contributed by atoms with E-state index < -0.39 is 0 Å². The van der Waals surface area contributed by atoms with Gasteiger partial charge in [0.05, 0.1) is 5.52 Å². The Bertz CT molecular complexity index is 841. The fourth-order valence-electron chi connectivity index (χ4n) is 4.13. The van der Waals surface area contributed by atoms with Crippen molar-refractivity contribution in [1.29, 1.82) is 0 Å². The lowest BCUT2D eigenvalue weighted by Gasteiger charge is -2.25. The maximum absolute atomic E-state index is 2.61. The van der Waals surface area contributed by atoms with Crippen molar-refractivity contribution in [3.05, 3.63) is 47.2 Å². The Morgan fingerprint density at radius 1 is 1.18 bits per heavy atom. The van der Waals surface area contributed by atoms with Crippen LogP contribution in [0.1, 0.15) is 24.1 Å². The van der Waals surface area contributed by atoms with Crippen LogP contribution in [-0.4, -0.2) is 28.8 Å². The van der Waals surface area contributed by atoms with Crippen molar-refractivity contribution in [2.45, 2.75) is 30.7 Å². The molecule has 0 saturated heterocycles. The van der Waals surface area contributed by atoms with E-state index in [1.54, 1.807) is 16.8 Å². The normalized spacial score (nSPS) is 21.0. The van der Waals surface area contributed by atoms with Gasteiger partial charge in [-0.1, -0.05) is 18.2 Å². The Kier molecular flexibility index (Phi) is 2.83. The number of para-hydroxylation sites is 1. The number of hydrogen-bond donors (Lipinski definition) is 0. The van der Waals surface area contributed by atoms with Crippen molar-refractivity contribution in [2.24, 2.45) is 0 Å². The Balaban J connectivity index is 1.90. The second-order valence-electron chi connectivity index (χ2n) is 6.62. The monoisotopic (exact) mass is 308 g/mol. The summed E-state index contributed by atoms with van der Waals surface area (Å²) in [5.74, 6) is 1.15. The van der Waals surface area contributed by atoms with E-state index in [1.807, 2.05) is 11.8 Å². The largest absolute Gasteiger partial charge is 0.312 e. The van der Waals surface area contributed by atoms with Crippen LogP contribution < -0.4 is 0 Å². The number of rotatable bonds is 0. The van der Waals surface area contributed by atoms with Gasteiger partial charge in [-0.05, 0) is 43.2 Å². The summed E-state index contributed by atoms with van der Waals surface area (Å²) in [5, 5.41) is 1.47. The molecule has 3 heterocycles. The van der Waals surface area contributed by atoms with Gasteiger partial charge in [-0.3, -0.25) is 0 Å². The molecule has 1 aromatic heterocycles. The van der Waals surface area contributed by atoms with Crippen LogP contribution in [0.3, 0.4) is 0 Å². The van der Waals surface area contributed by atoms with Gasteiger partial charge >= 0.3 is 0 Å². The van der Waals surface area contributed by atoms with Gasteiger partial charge in [0.2, 0.25) is 0 Å². The molecule has 3 heteroatoms. The third kappa shape index (κ3) is 1.73. The summed E-state index contributed by atoms with van der Waals surface area (Å²) in [6, 6.07) is 6.87. The molecule has 0 spiro atoms. The van der Waals surface area contributed by atoms with E-state index in [1.165, 1.54) is 34.3 Å². The van der Waals surface area contributed by atoms with E-state index >= 15 is 0 Å². The molecule has 0 amide bonds. The van der Waals surface area contributed by atoms with Gasteiger partial charge in [-0.2, -0.15) is 0 Å². The molecule has 0 atom stereocenters. The molecule has 5 rings (SSSR count). The average molecular weight is 308 g/mol. The third-order valence-corrected chi connectivity index (χ3v) is 6.35. The molecule has 22 heavy (non-hydrogen) atoms. The minimum atomic E-state index is 1.08. The Morgan fingerprint density at radius 3 is 3.09 bits per heavy atom. The molecule has 1 aromatic carbocycles. The lowest BCUT2D eigenvalue weighted by molar-refractivity contribution is 0.311. The van der Waals surface area contributed by atoms with E-state index in [0.717, 1.165) is 25.3 Å². The molecule has 0 fully saturated rings. The number of allylic oxidation sites excluding steroid dienone is 3. The standard InChI is InChI=1S/C19H20N2S/c1-20-10-9-17-15(11-20)14-6-4-8-18-19(14)21(17)16-7-3-2-5-13(16)12-22-18/h3-4,6-8H,2,5,9-12H2,1H3.